The SMILES string of the molecule is Clc1ccc(C(c2ccc(Cl)cc2)N2CCN(CCNc3ccnc4cc(Cl)ccc34)CC2)cc1. The molecule has 0 atom stereocenters. The van der Waals surface area contributed by atoms with Crippen molar-refractivity contribution in [1.82, 2.24) is 14.8 Å². The van der Waals surface area contributed by atoms with Crippen LogP contribution in [0.1, 0.15) is 17.2 Å². The molecule has 0 saturated carbocycles. The third kappa shape index (κ3) is 5.91. The second-order valence-electron chi connectivity index (χ2n) is 8.83. The van der Waals surface area contributed by atoms with Crippen molar-refractivity contribution >= 4 is 51.4 Å². The molecule has 0 unspecified atom stereocenters. The Kier molecular flexibility index (Phi) is 7.76. The van der Waals surface area contributed by atoms with Crippen LogP contribution in [-0.2, 0) is 0 Å². The fourth-order valence-electron chi connectivity index (χ4n) is 4.77. The summed E-state index contributed by atoms with van der Waals surface area (Å²) in [5.41, 5.74) is 4.50. The summed E-state index contributed by atoms with van der Waals surface area (Å²) >= 11 is 18.5. The van der Waals surface area contributed by atoms with Crippen molar-refractivity contribution in [1.29, 1.82) is 0 Å². The minimum atomic E-state index is 0.180. The van der Waals surface area contributed by atoms with E-state index in [4.69, 9.17) is 34.8 Å². The maximum atomic E-state index is 6.17. The molecule has 1 aromatic heterocycles. The number of pyridine rings is 1. The highest BCUT2D eigenvalue weighted by Gasteiger charge is 2.26. The Hall–Kier alpha value is -2.34. The highest BCUT2D eigenvalue weighted by Crippen LogP contribution is 2.31. The summed E-state index contributed by atoms with van der Waals surface area (Å²) in [5, 5.41) is 6.90. The molecule has 1 fully saturated rings. The van der Waals surface area contributed by atoms with Gasteiger partial charge in [-0.25, -0.2) is 0 Å². The number of anilines is 1. The first-order chi connectivity index (χ1) is 17.1. The Morgan fingerprint density at radius 2 is 1.34 bits per heavy atom. The lowest BCUT2D eigenvalue weighted by molar-refractivity contribution is 0.112. The smallest absolute Gasteiger partial charge is 0.0737 e. The largest absolute Gasteiger partial charge is 0.383 e. The summed E-state index contributed by atoms with van der Waals surface area (Å²) in [7, 11) is 0. The molecule has 1 N–H and O–H groups in total. The van der Waals surface area contributed by atoms with Gasteiger partial charge in [0.05, 0.1) is 11.6 Å². The van der Waals surface area contributed by atoms with Crippen LogP contribution in [0.15, 0.2) is 79.0 Å². The molecule has 2 heterocycles. The van der Waals surface area contributed by atoms with E-state index in [1.807, 2.05) is 54.7 Å². The van der Waals surface area contributed by atoms with Crippen LogP contribution >= 0.6 is 34.8 Å². The second kappa shape index (κ2) is 11.2. The van der Waals surface area contributed by atoms with Gasteiger partial charge >= 0.3 is 0 Å². The molecule has 0 bridgehead atoms. The highest BCUT2D eigenvalue weighted by atomic mass is 35.5. The van der Waals surface area contributed by atoms with Crippen LogP contribution in [0.3, 0.4) is 0 Å². The van der Waals surface area contributed by atoms with Gasteiger partial charge in [0.25, 0.3) is 0 Å². The maximum Gasteiger partial charge on any atom is 0.0737 e. The number of hydrogen-bond donors (Lipinski definition) is 1. The minimum Gasteiger partial charge on any atom is -0.383 e. The molecule has 3 aromatic carbocycles. The molecule has 1 saturated heterocycles. The second-order valence-corrected chi connectivity index (χ2v) is 10.1. The van der Waals surface area contributed by atoms with Crippen molar-refractivity contribution in [2.75, 3.05) is 44.6 Å². The van der Waals surface area contributed by atoms with Crippen LogP contribution in [-0.4, -0.2) is 54.1 Å². The molecule has 0 aliphatic carbocycles. The third-order valence-electron chi connectivity index (χ3n) is 6.59. The van der Waals surface area contributed by atoms with Crippen LogP contribution in [0.2, 0.25) is 15.1 Å². The number of nitrogens with zero attached hydrogens (tertiary/aromatic N) is 3. The van der Waals surface area contributed by atoms with E-state index in [-0.39, 0.29) is 6.04 Å². The van der Waals surface area contributed by atoms with E-state index >= 15 is 0 Å². The standard InChI is InChI=1S/C28H27Cl3N4/c29-22-5-1-20(2-6-22)28(21-3-7-23(30)8-4-21)35-17-15-34(16-18-35)14-13-33-26-11-12-32-27-19-24(31)9-10-25(26)27/h1-12,19,28H,13-18H2,(H,32,33). The normalized spacial score (nSPS) is 15.1. The van der Waals surface area contributed by atoms with Crippen molar-refractivity contribution in [2.24, 2.45) is 0 Å². The predicted octanol–water partition coefficient (Wildman–Crippen LogP) is 7.01. The number of rotatable bonds is 7. The third-order valence-corrected chi connectivity index (χ3v) is 7.33. The van der Waals surface area contributed by atoms with Gasteiger partial charge in [-0.1, -0.05) is 59.1 Å². The number of nitrogens with one attached hydrogen (secondary N) is 1. The minimum absolute atomic E-state index is 0.180. The summed E-state index contributed by atoms with van der Waals surface area (Å²) in [4.78, 5) is 9.50. The molecular weight excluding hydrogens is 499 g/mol. The van der Waals surface area contributed by atoms with Crippen LogP contribution < -0.4 is 5.32 Å². The molecule has 4 nitrogen and oxygen atoms in total. The van der Waals surface area contributed by atoms with Gasteiger partial charge in [0.2, 0.25) is 0 Å². The molecule has 5 rings (SSSR count). The Morgan fingerprint density at radius 1 is 0.743 bits per heavy atom. The maximum absolute atomic E-state index is 6.17. The van der Waals surface area contributed by atoms with Crippen LogP contribution in [0.5, 0.6) is 0 Å². The van der Waals surface area contributed by atoms with Gasteiger partial charge < -0.3 is 5.32 Å². The Balaban J connectivity index is 1.21. The summed E-state index contributed by atoms with van der Waals surface area (Å²) in [5.74, 6) is 0. The lowest BCUT2D eigenvalue weighted by Gasteiger charge is -2.40. The highest BCUT2D eigenvalue weighted by molar-refractivity contribution is 6.31. The Morgan fingerprint density at radius 3 is 1.97 bits per heavy atom. The number of benzene rings is 3. The van der Waals surface area contributed by atoms with Crippen molar-refractivity contribution in [3.05, 3.63) is 105 Å². The van der Waals surface area contributed by atoms with Gasteiger partial charge in [0, 0.05) is 71.6 Å². The average Bonchev–Trinajstić information content (AvgIpc) is 2.87. The zero-order valence-electron chi connectivity index (χ0n) is 19.3. The fraction of sp³-hybridized carbons (Fsp3) is 0.250. The molecule has 7 heteroatoms. The topological polar surface area (TPSA) is 31.4 Å². The van der Waals surface area contributed by atoms with Gasteiger partial charge in [-0.2, -0.15) is 0 Å². The zero-order valence-corrected chi connectivity index (χ0v) is 21.6. The number of hydrogen-bond acceptors (Lipinski definition) is 4. The van der Waals surface area contributed by atoms with Crippen molar-refractivity contribution in [3.8, 4) is 0 Å². The summed E-state index contributed by atoms with van der Waals surface area (Å²) in [6.07, 6.45) is 1.83. The molecule has 1 aliphatic heterocycles. The van der Waals surface area contributed by atoms with E-state index in [2.05, 4.69) is 44.4 Å². The number of halogens is 3. The van der Waals surface area contributed by atoms with Gasteiger partial charge in [0.1, 0.15) is 0 Å². The molecule has 1 aliphatic rings. The predicted molar refractivity (Wildman–Crippen MR) is 148 cm³/mol. The number of aromatic nitrogens is 1. The summed E-state index contributed by atoms with van der Waals surface area (Å²) < 4.78 is 0. The van der Waals surface area contributed by atoms with Crippen molar-refractivity contribution < 1.29 is 0 Å². The van der Waals surface area contributed by atoms with Crippen LogP contribution in [0.25, 0.3) is 10.9 Å². The first-order valence-corrected chi connectivity index (χ1v) is 13.0. The lowest BCUT2D eigenvalue weighted by atomic mass is 9.96. The van der Waals surface area contributed by atoms with Crippen molar-refractivity contribution in [3.63, 3.8) is 0 Å². The molecule has 0 amide bonds. The van der Waals surface area contributed by atoms with E-state index in [0.29, 0.717) is 5.02 Å². The van der Waals surface area contributed by atoms with E-state index in [9.17, 15) is 0 Å². The molecule has 35 heavy (non-hydrogen) atoms. The van der Waals surface area contributed by atoms with Gasteiger partial charge in [0.15, 0.2) is 0 Å². The molecule has 180 valence electrons. The number of fused-ring (bicyclic) bond motifs is 1. The van der Waals surface area contributed by atoms with Crippen molar-refractivity contribution in [2.45, 2.75) is 6.04 Å². The van der Waals surface area contributed by atoms with Crippen LogP contribution in [0.4, 0.5) is 5.69 Å². The Labute approximate surface area is 221 Å². The molecular formula is C28H27Cl3N4. The molecule has 4 aromatic rings. The van der Waals surface area contributed by atoms with Gasteiger partial charge in [-0.3, -0.25) is 14.8 Å². The van der Waals surface area contributed by atoms with Gasteiger partial charge in [-0.05, 0) is 59.7 Å². The van der Waals surface area contributed by atoms with Gasteiger partial charge in [-0.15, -0.1) is 0 Å². The summed E-state index contributed by atoms with van der Waals surface area (Å²) in [6.45, 7) is 5.88. The quantitative estimate of drug-likeness (QED) is 0.281. The van der Waals surface area contributed by atoms with E-state index in [1.54, 1.807) is 0 Å². The summed E-state index contributed by atoms with van der Waals surface area (Å²) in [6, 6.07) is 24.4. The van der Waals surface area contributed by atoms with Crippen LogP contribution in [0, 0.1) is 0 Å². The fourth-order valence-corrected chi connectivity index (χ4v) is 5.19. The van der Waals surface area contributed by atoms with E-state index in [0.717, 1.165) is 65.9 Å². The molecule has 0 spiro atoms. The first kappa shape index (κ1) is 24.4. The monoisotopic (exact) mass is 524 g/mol. The number of piperazine rings is 1. The lowest BCUT2D eigenvalue weighted by Crippen LogP contribution is -2.48. The Bertz CT molecular complexity index is 1220. The zero-order chi connectivity index (χ0) is 24.2. The molecule has 0 radical (unpaired) electrons. The van der Waals surface area contributed by atoms with E-state index < -0.39 is 0 Å². The van der Waals surface area contributed by atoms with E-state index in [1.165, 1.54) is 11.1 Å². The first-order valence-electron chi connectivity index (χ1n) is 11.8. The average molecular weight is 526 g/mol.